The summed E-state index contributed by atoms with van der Waals surface area (Å²) >= 11 is 6.21. The van der Waals surface area contributed by atoms with Gasteiger partial charge in [-0.2, -0.15) is 0 Å². The van der Waals surface area contributed by atoms with Crippen LogP contribution in [-0.4, -0.2) is 20.8 Å². The Labute approximate surface area is 129 Å². The number of ether oxygens (including phenoxy) is 3. The lowest BCUT2D eigenvalue weighted by atomic mass is 10.1. The average molecular weight is 308 g/mol. The SMILES string of the molecule is COc1cc(OC)cc(Oc2cccc(Cl)c2CCN)c1. The summed E-state index contributed by atoms with van der Waals surface area (Å²) < 4.78 is 16.4. The smallest absolute Gasteiger partial charge is 0.134 e. The first-order valence-electron chi connectivity index (χ1n) is 6.56. The van der Waals surface area contributed by atoms with Crippen molar-refractivity contribution in [3.8, 4) is 23.0 Å². The van der Waals surface area contributed by atoms with Crippen molar-refractivity contribution in [1.29, 1.82) is 0 Å². The number of halogens is 1. The fourth-order valence-electron chi connectivity index (χ4n) is 1.99. The molecule has 0 aliphatic rings. The summed E-state index contributed by atoms with van der Waals surface area (Å²) in [6.07, 6.45) is 0.649. The van der Waals surface area contributed by atoms with E-state index in [2.05, 4.69) is 0 Å². The predicted molar refractivity (Wildman–Crippen MR) is 83.8 cm³/mol. The van der Waals surface area contributed by atoms with Gasteiger partial charge in [-0.15, -0.1) is 0 Å². The molecule has 5 heteroatoms. The largest absolute Gasteiger partial charge is 0.496 e. The summed E-state index contributed by atoms with van der Waals surface area (Å²) in [5, 5.41) is 0.646. The third kappa shape index (κ3) is 3.80. The molecule has 0 amide bonds. The summed E-state index contributed by atoms with van der Waals surface area (Å²) in [4.78, 5) is 0. The zero-order valence-corrected chi connectivity index (χ0v) is 12.8. The molecule has 0 spiro atoms. The van der Waals surface area contributed by atoms with E-state index < -0.39 is 0 Å². The van der Waals surface area contributed by atoms with Gasteiger partial charge in [-0.25, -0.2) is 0 Å². The van der Waals surface area contributed by atoms with Crippen LogP contribution in [0.1, 0.15) is 5.56 Å². The molecule has 0 heterocycles. The molecule has 21 heavy (non-hydrogen) atoms. The molecule has 0 saturated carbocycles. The minimum absolute atomic E-state index is 0.502. The Kier molecular flexibility index (Phi) is 5.31. The fraction of sp³-hybridized carbons (Fsp3) is 0.250. The van der Waals surface area contributed by atoms with Gasteiger partial charge in [0.1, 0.15) is 23.0 Å². The number of benzene rings is 2. The van der Waals surface area contributed by atoms with Gasteiger partial charge in [0.15, 0.2) is 0 Å². The Morgan fingerprint density at radius 2 is 1.62 bits per heavy atom. The number of hydrogen-bond acceptors (Lipinski definition) is 4. The first kappa shape index (κ1) is 15.5. The monoisotopic (exact) mass is 307 g/mol. The first-order valence-corrected chi connectivity index (χ1v) is 6.94. The molecule has 2 rings (SSSR count). The molecule has 0 unspecified atom stereocenters. The van der Waals surface area contributed by atoms with Gasteiger partial charge in [0.05, 0.1) is 14.2 Å². The second-order valence-electron chi connectivity index (χ2n) is 4.41. The second kappa shape index (κ2) is 7.20. The normalized spacial score (nSPS) is 10.3. The molecule has 112 valence electrons. The highest BCUT2D eigenvalue weighted by Gasteiger charge is 2.10. The van der Waals surface area contributed by atoms with Gasteiger partial charge in [0.2, 0.25) is 0 Å². The molecule has 4 nitrogen and oxygen atoms in total. The van der Waals surface area contributed by atoms with E-state index in [1.54, 1.807) is 32.4 Å². The maximum atomic E-state index is 6.21. The second-order valence-corrected chi connectivity index (χ2v) is 4.81. The number of rotatable bonds is 6. The molecule has 0 fully saturated rings. The molecular weight excluding hydrogens is 290 g/mol. The standard InChI is InChI=1S/C16H18ClNO3/c1-19-11-8-12(20-2)10-13(9-11)21-16-5-3-4-15(17)14(16)6-7-18/h3-5,8-10H,6-7,18H2,1-2H3. The van der Waals surface area contributed by atoms with Crippen molar-refractivity contribution in [3.63, 3.8) is 0 Å². The van der Waals surface area contributed by atoms with Crippen LogP contribution in [-0.2, 0) is 6.42 Å². The maximum absolute atomic E-state index is 6.21. The zero-order chi connectivity index (χ0) is 15.2. The van der Waals surface area contributed by atoms with Crippen molar-refractivity contribution in [2.45, 2.75) is 6.42 Å². The van der Waals surface area contributed by atoms with Crippen LogP contribution < -0.4 is 19.9 Å². The van der Waals surface area contributed by atoms with E-state index >= 15 is 0 Å². The van der Waals surface area contributed by atoms with Gasteiger partial charge >= 0.3 is 0 Å². The first-order chi connectivity index (χ1) is 10.2. The van der Waals surface area contributed by atoms with E-state index in [9.17, 15) is 0 Å². The Hall–Kier alpha value is -1.91. The lowest BCUT2D eigenvalue weighted by molar-refractivity contribution is 0.386. The van der Waals surface area contributed by atoms with Crippen LogP contribution in [0.3, 0.4) is 0 Å². The molecule has 0 aromatic heterocycles. The maximum Gasteiger partial charge on any atom is 0.134 e. The molecule has 2 aromatic rings. The van der Waals surface area contributed by atoms with Crippen LogP contribution in [0.5, 0.6) is 23.0 Å². The highest BCUT2D eigenvalue weighted by molar-refractivity contribution is 6.31. The number of hydrogen-bond donors (Lipinski definition) is 1. The highest BCUT2D eigenvalue weighted by atomic mass is 35.5. The summed E-state index contributed by atoms with van der Waals surface area (Å²) in [5.41, 5.74) is 6.52. The minimum atomic E-state index is 0.502. The lowest BCUT2D eigenvalue weighted by Gasteiger charge is -2.14. The summed E-state index contributed by atoms with van der Waals surface area (Å²) in [6.45, 7) is 0.502. The minimum Gasteiger partial charge on any atom is -0.496 e. The fourth-order valence-corrected chi connectivity index (χ4v) is 2.25. The van der Waals surface area contributed by atoms with E-state index in [1.807, 2.05) is 18.2 Å². The molecule has 0 saturated heterocycles. The van der Waals surface area contributed by atoms with Gasteiger partial charge in [0.25, 0.3) is 0 Å². The van der Waals surface area contributed by atoms with E-state index in [0.717, 1.165) is 5.56 Å². The van der Waals surface area contributed by atoms with Crippen molar-refractivity contribution in [2.75, 3.05) is 20.8 Å². The van der Waals surface area contributed by atoms with Gasteiger partial charge in [0, 0.05) is 28.8 Å². The van der Waals surface area contributed by atoms with Crippen molar-refractivity contribution in [1.82, 2.24) is 0 Å². The Morgan fingerprint density at radius 3 is 2.19 bits per heavy atom. The highest BCUT2D eigenvalue weighted by Crippen LogP contribution is 2.34. The molecule has 0 radical (unpaired) electrons. The number of nitrogens with two attached hydrogens (primary N) is 1. The van der Waals surface area contributed by atoms with Crippen LogP contribution >= 0.6 is 11.6 Å². The molecule has 2 N–H and O–H groups in total. The van der Waals surface area contributed by atoms with Crippen LogP contribution in [0.2, 0.25) is 5.02 Å². The van der Waals surface area contributed by atoms with Crippen LogP contribution in [0.15, 0.2) is 36.4 Å². The van der Waals surface area contributed by atoms with Crippen molar-refractivity contribution >= 4 is 11.6 Å². The molecule has 0 atom stereocenters. The summed E-state index contributed by atoms with van der Waals surface area (Å²) in [5.74, 6) is 2.62. The van der Waals surface area contributed by atoms with Gasteiger partial charge in [-0.3, -0.25) is 0 Å². The summed E-state index contributed by atoms with van der Waals surface area (Å²) in [7, 11) is 3.19. The Balaban J connectivity index is 2.35. The number of methoxy groups -OCH3 is 2. The Morgan fingerprint density at radius 1 is 1.00 bits per heavy atom. The van der Waals surface area contributed by atoms with E-state index in [1.165, 1.54) is 0 Å². The van der Waals surface area contributed by atoms with Crippen molar-refractivity contribution in [3.05, 3.63) is 47.0 Å². The summed E-state index contributed by atoms with van der Waals surface area (Å²) in [6, 6.07) is 10.9. The van der Waals surface area contributed by atoms with Crippen LogP contribution in [0.25, 0.3) is 0 Å². The van der Waals surface area contributed by atoms with Crippen LogP contribution in [0, 0.1) is 0 Å². The van der Waals surface area contributed by atoms with E-state index in [4.69, 9.17) is 31.5 Å². The molecule has 0 bridgehead atoms. The molecule has 0 aliphatic heterocycles. The van der Waals surface area contributed by atoms with Gasteiger partial charge in [-0.1, -0.05) is 17.7 Å². The van der Waals surface area contributed by atoms with E-state index in [0.29, 0.717) is 41.0 Å². The average Bonchev–Trinajstić information content (AvgIpc) is 2.50. The van der Waals surface area contributed by atoms with Gasteiger partial charge < -0.3 is 19.9 Å². The third-order valence-corrected chi connectivity index (χ3v) is 3.38. The molecule has 2 aromatic carbocycles. The van der Waals surface area contributed by atoms with Crippen molar-refractivity contribution in [2.24, 2.45) is 5.73 Å². The topological polar surface area (TPSA) is 53.7 Å². The Bertz CT molecular complexity index is 594. The van der Waals surface area contributed by atoms with E-state index in [-0.39, 0.29) is 0 Å². The van der Waals surface area contributed by atoms with Gasteiger partial charge in [-0.05, 0) is 25.1 Å². The molecule has 0 aliphatic carbocycles. The molecular formula is C16H18ClNO3. The predicted octanol–water partition coefficient (Wildman–Crippen LogP) is 3.65. The zero-order valence-electron chi connectivity index (χ0n) is 12.1. The van der Waals surface area contributed by atoms with Crippen LogP contribution in [0.4, 0.5) is 0 Å². The lowest BCUT2D eigenvalue weighted by Crippen LogP contribution is -2.04. The quantitative estimate of drug-likeness (QED) is 0.885. The third-order valence-electron chi connectivity index (χ3n) is 3.02. The van der Waals surface area contributed by atoms with Crippen molar-refractivity contribution < 1.29 is 14.2 Å².